The molecule has 148 valence electrons. The molecule has 2 aromatic carbocycles. The first-order chi connectivity index (χ1) is 13.4. The summed E-state index contributed by atoms with van der Waals surface area (Å²) in [6.07, 6.45) is 1.34. The van der Waals surface area contributed by atoms with Crippen molar-refractivity contribution in [2.75, 3.05) is 19.0 Å². The molecule has 0 spiro atoms. The molecular formula is C23H28N2O3. The van der Waals surface area contributed by atoms with Crippen LogP contribution in [0.15, 0.2) is 36.4 Å². The van der Waals surface area contributed by atoms with Gasteiger partial charge in [-0.25, -0.2) is 0 Å². The number of anilines is 1. The van der Waals surface area contributed by atoms with Crippen LogP contribution in [0.4, 0.5) is 5.69 Å². The zero-order valence-corrected chi connectivity index (χ0v) is 17.0. The van der Waals surface area contributed by atoms with E-state index >= 15 is 0 Å². The summed E-state index contributed by atoms with van der Waals surface area (Å²) in [4.78, 5) is 24.9. The van der Waals surface area contributed by atoms with Gasteiger partial charge in [-0.05, 0) is 62.4 Å². The van der Waals surface area contributed by atoms with Crippen molar-refractivity contribution in [3.05, 3.63) is 58.7 Å². The summed E-state index contributed by atoms with van der Waals surface area (Å²) in [5.74, 6) is 0.237. The molecule has 2 atom stereocenters. The Hall–Kier alpha value is -2.82. The van der Waals surface area contributed by atoms with Crippen LogP contribution in [0.25, 0.3) is 0 Å². The molecule has 0 aliphatic heterocycles. The monoisotopic (exact) mass is 380 g/mol. The van der Waals surface area contributed by atoms with Crippen molar-refractivity contribution in [3.8, 4) is 5.75 Å². The molecular weight excluding hydrogens is 352 g/mol. The molecule has 5 nitrogen and oxygen atoms in total. The van der Waals surface area contributed by atoms with Crippen LogP contribution in [0.1, 0.15) is 28.7 Å². The third kappa shape index (κ3) is 4.71. The van der Waals surface area contributed by atoms with Gasteiger partial charge in [0.25, 0.3) is 0 Å². The maximum Gasteiger partial charge on any atom is 0.228 e. The SMILES string of the molecule is COc1cccc(CCNC(=O)C2CC2C(=O)Nc2c(C)cc(C)cc2C)c1. The highest BCUT2D eigenvalue weighted by atomic mass is 16.5. The summed E-state index contributed by atoms with van der Waals surface area (Å²) in [6.45, 7) is 6.57. The molecule has 1 fully saturated rings. The van der Waals surface area contributed by atoms with Crippen molar-refractivity contribution in [2.45, 2.75) is 33.6 Å². The van der Waals surface area contributed by atoms with Crippen LogP contribution in [0.2, 0.25) is 0 Å². The van der Waals surface area contributed by atoms with Gasteiger partial charge in [0.1, 0.15) is 5.75 Å². The van der Waals surface area contributed by atoms with Crippen LogP contribution in [0, 0.1) is 32.6 Å². The Morgan fingerprint density at radius 2 is 1.71 bits per heavy atom. The van der Waals surface area contributed by atoms with Crippen molar-refractivity contribution in [1.82, 2.24) is 5.32 Å². The number of hydrogen-bond donors (Lipinski definition) is 2. The predicted molar refractivity (Wildman–Crippen MR) is 111 cm³/mol. The summed E-state index contributed by atoms with van der Waals surface area (Å²) in [7, 11) is 1.64. The Morgan fingerprint density at radius 3 is 2.39 bits per heavy atom. The Morgan fingerprint density at radius 1 is 1.04 bits per heavy atom. The Kier molecular flexibility index (Phi) is 6.02. The normalized spacial score (nSPS) is 17.7. The molecule has 2 aromatic rings. The van der Waals surface area contributed by atoms with E-state index in [1.54, 1.807) is 7.11 Å². The Balaban J connectivity index is 1.48. The van der Waals surface area contributed by atoms with E-state index in [0.717, 1.165) is 34.5 Å². The quantitative estimate of drug-likeness (QED) is 0.772. The lowest BCUT2D eigenvalue weighted by molar-refractivity contribution is -0.125. The van der Waals surface area contributed by atoms with Gasteiger partial charge in [0.2, 0.25) is 11.8 Å². The molecule has 0 heterocycles. The minimum absolute atomic E-state index is 0.0413. The second kappa shape index (κ2) is 8.46. The molecule has 1 aliphatic carbocycles. The maximum absolute atomic E-state index is 12.5. The summed E-state index contributed by atoms with van der Waals surface area (Å²) >= 11 is 0. The van der Waals surface area contributed by atoms with E-state index in [4.69, 9.17) is 4.74 Å². The molecule has 5 heteroatoms. The molecule has 2 amide bonds. The van der Waals surface area contributed by atoms with Gasteiger partial charge in [-0.15, -0.1) is 0 Å². The van der Waals surface area contributed by atoms with Gasteiger partial charge in [0.05, 0.1) is 18.9 Å². The van der Waals surface area contributed by atoms with E-state index in [1.165, 1.54) is 5.56 Å². The van der Waals surface area contributed by atoms with Gasteiger partial charge in [0.15, 0.2) is 0 Å². The zero-order chi connectivity index (χ0) is 20.3. The van der Waals surface area contributed by atoms with E-state index < -0.39 is 0 Å². The summed E-state index contributed by atoms with van der Waals surface area (Å²) in [5.41, 5.74) is 5.24. The average molecular weight is 380 g/mol. The number of methoxy groups -OCH3 is 1. The van der Waals surface area contributed by atoms with E-state index in [2.05, 4.69) is 22.8 Å². The lowest BCUT2D eigenvalue weighted by Gasteiger charge is -2.13. The van der Waals surface area contributed by atoms with Gasteiger partial charge >= 0.3 is 0 Å². The van der Waals surface area contributed by atoms with E-state index in [-0.39, 0.29) is 23.7 Å². The topological polar surface area (TPSA) is 67.4 Å². The molecule has 2 unspecified atom stereocenters. The first-order valence-electron chi connectivity index (χ1n) is 9.68. The summed E-state index contributed by atoms with van der Waals surface area (Å²) in [6, 6.07) is 11.9. The number of carbonyl (C=O) groups excluding carboxylic acids is 2. The van der Waals surface area contributed by atoms with Gasteiger partial charge in [-0.1, -0.05) is 29.8 Å². The molecule has 0 bridgehead atoms. The second-order valence-corrected chi connectivity index (χ2v) is 7.60. The minimum Gasteiger partial charge on any atom is -0.497 e. The lowest BCUT2D eigenvalue weighted by Crippen LogP contribution is -2.29. The van der Waals surface area contributed by atoms with Crippen molar-refractivity contribution in [2.24, 2.45) is 11.8 Å². The highest BCUT2D eigenvalue weighted by Gasteiger charge is 2.48. The highest BCUT2D eigenvalue weighted by Crippen LogP contribution is 2.40. The van der Waals surface area contributed by atoms with Crippen LogP contribution in [-0.2, 0) is 16.0 Å². The fourth-order valence-electron chi connectivity index (χ4n) is 3.66. The number of hydrogen-bond acceptors (Lipinski definition) is 3. The van der Waals surface area contributed by atoms with Crippen LogP contribution in [0.5, 0.6) is 5.75 Å². The number of carbonyl (C=O) groups is 2. The Labute approximate surface area is 166 Å². The van der Waals surface area contributed by atoms with Crippen LogP contribution in [0.3, 0.4) is 0 Å². The summed E-state index contributed by atoms with van der Waals surface area (Å²) < 4.78 is 5.21. The van der Waals surface area contributed by atoms with Gasteiger partial charge in [0, 0.05) is 12.2 Å². The predicted octanol–water partition coefficient (Wildman–Crippen LogP) is 3.55. The van der Waals surface area contributed by atoms with Gasteiger partial charge < -0.3 is 15.4 Å². The first-order valence-corrected chi connectivity index (χ1v) is 9.68. The van der Waals surface area contributed by atoms with Crippen molar-refractivity contribution in [1.29, 1.82) is 0 Å². The third-order valence-corrected chi connectivity index (χ3v) is 5.24. The smallest absolute Gasteiger partial charge is 0.228 e. The number of benzene rings is 2. The van der Waals surface area contributed by atoms with Gasteiger partial charge in [-0.2, -0.15) is 0 Å². The minimum atomic E-state index is -0.239. The van der Waals surface area contributed by atoms with Crippen molar-refractivity contribution < 1.29 is 14.3 Å². The molecule has 2 N–H and O–H groups in total. The third-order valence-electron chi connectivity index (χ3n) is 5.24. The number of ether oxygens (including phenoxy) is 1. The molecule has 28 heavy (non-hydrogen) atoms. The zero-order valence-electron chi connectivity index (χ0n) is 17.0. The number of amides is 2. The number of rotatable bonds is 7. The largest absolute Gasteiger partial charge is 0.497 e. The summed E-state index contributed by atoms with van der Waals surface area (Å²) in [5, 5.41) is 5.96. The molecule has 0 radical (unpaired) electrons. The number of aryl methyl sites for hydroxylation is 3. The van der Waals surface area contributed by atoms with Crippen molar-refractivity contribution in [3.63, 3.8) is 0 Å². The van der Waals surface area contributed by atoms with Gasteiger partial charge in [-0.3, -0.25) is 9.59 Å². The fraction of sp³-hybridized carbons (Fsp3) is 0.391. The van der Waals surface area contributed by atoms with Crippen LogP contribution >= 0.6 is 0 Å². The molecule has 0 aromatic heterocycles. The van der Waals surface area contributed by atoms with E-state index in [0.29, 0.717) is 13.0 Å². The lowest BCUT2D eigenvalue weighted by atomic mass is 10.0. The average Bonchev–Trinajstić information content (AvgIpc) is 3.45. The maximum atomic E-state index is 12.5. The first kappa shape index (κ1) is 19.9. The van der Waals surface area contributed by atoms with Crippen LogP contribution in [-0.4, -0.2) is 25.5 Å². The molecule has 1 aliphatic rings. The molecule has 3 rings (SSSR count). The fourth-order valence-corrected chi connectivity index (χ4v) is 3.66. The Bertz CT molecular complexity index is 868. The van der Waals surface area contributed by atoms with E-state index in [1.807, 2.05) is 45.0 Å². The van der Waals surface area contributed by atoms with Crippen LogP contribution < -0.4 is 15.4 Å². The second-order valence-electron chi connectivity index (χ2n) is 7.60. The molecule has 0 saturated heterocycles. The highest BCUT2D eigenvalue weighted by molar-refractivity contribution is 6.00. The van der Waals surface area contributed by atoms with Crippen molar-refractivity contribution >= 4 is 17.5 Å². The standard InChI is InChI=1S/C23H28N2O3/c1-14-10-15(2)21(16(3)11-14)25-23(27)20-13-19(20)22(26)24-9-8-17-6-5-7-18(12-17)28-4/h5-7,10-12,19-20H,8-9,13H2,1-4H3,(H,24,26)(H,25,27). The number of nitrogens with one attached hydrogen (secondary N) is 2. The van der Waals surface area contributed by atoms with E-state index in [9.17, 15) is 9.59 Å². The molecule has 1 saturated carbocycles.